The SMILES string of the molecule is CCCn1nc(C(=O)NC[C@H](C)N2CCCC2)ccc1=O. The van der Waals surface area contributed by atoms with Gasteiger partial charge in [-0.15, -0.1) is 0 Å². The first kappa shape index (κ1) is 15.7. The van der Waals surface area contributed by atoms with Crippen molar-refractivity contribution in [3.63, 3.8) is 0 Å². The van der Waals surface area contributed by atoms with E-state index in [1.165, 1.54) is 29.7 Å². The molecule has 2 rings (SSSR count). The van der Waals surface area contributed by atoms with E-state index < -0.39 is 0 Å². The molecular weight excluding hydrogens is 268 g/mol. The zero-order valence-electron chi connectivity index (χ0n) is 12.8. The van der Waals surface area contributed by atoms with E-state index in [9.17, 15) is 9.59 Å². The normalized spacial score (nSPS) is 16.9. The Morgan fingerprint density at radius 1 is 1.38 bits per heavy atom. The van der Waals surface area contributed by atoms with Crippen molar-refractivity contribution >= 4 is 5.91 Å². The van der Waals surface area contributed by atoms with Crippen LogP contribution in [0.25, 0.3) is 0 Å². The minimum Gasteiger partial charge on any atom is -0.349 e. The van der Waals surface area contributed by atoms with Crippen LogP contribution >= 0.6 is 0 Å². The highest BCUT2D eigenvalue weighted by Crippen LogP contribution is 2.10. The van der Waals surface area contributed by atoms with Crippen LogP contribution in [0.5, 0.6) is 0 Å². The molecular formula is C15H24N4O2. The largest absolute Gasteiger partial charge is 0.349 e. The highest BCUT2D eigenvalue weighted by Gasteiger charge is 2.19. The number of nitrogens with zero attached hydrogens (tertiary/aromatic N) is 3. The van der Waals surface area contributed by atoms with Gasteiger partial charge in [-0.3, -0.25) is 14.5 Å². The van der Waals surface area contributed by atoms with Crippen molar-refractivity contribution in [3.8, 4) is 0 Å². The van der Waals surface area contributed by atoms with Gasteiger partial charge in [-0.2, -0.15) is 5.10 Å². The lowest BCUT2D eigenvalue weighted by atomic mass is 10.3. The number of aromatic nitrogens is 2. The van der Waals surface area contributed by atoms with Crippen LogP contribution in [0.2, 0.25) is 0 Å². The molecule has 0 aromatic carbocycles. The van der Waals surface area contributed by atoms with Crippen LogP contribution in [0.3, 0.4) is 0 Å². The lowest BCUT2D eigenvalue weighted by molar-refractivity contribution is 0.0932. The van der Waals surface area contributed by atoms with Crippen LogP contribution in [-0.2, 0) is 6.54 Å². The molecule has 0 aliphatic carbocycles. The number of carbonyl (C=O) groups is 1. The second-order valence-corrected chi connectivity index (χ2v) is 5.58. The first-order chi connectivity index (χ1) is 10.1. The van der Waals surface area contributed by atoms with Crippen molar-refractivity contribution in [2.45, 2.75) is 45.7 Å². The van der Waals surface area contributed by atoms with Gasteiger partial charge in [0.2, 0.25) is 0 Å². The van der Waals surface area contributed by atoms with E-state index in [2.05, 4.69) is 22.2 Å². The topological polar surface area (TPSA) is 67.2 Å². The van der Waals surface area contributed by atoms with Gasteiger partial charge in [0.25, 0.3) is 11.5 Å². The summed E-state index contributed by atoms with van der Waals surface area (Å²) in [7, 11) is 0. The maximum atomic E-state index is 12.1. The molecule has 1 aliphatic heterocycles. The summed E-state index contributed by atoms with van der Waals surface area (Å²) in [5, 5.41) is 7.02. The number of aryl methyl sites for hydroxylation is 1. The summed E-state index contributed by atoms with van der Waals surface area (Å²) in [6.07, 6.45) is 3.29. The van der Waals surface area contributed by atoms with Crippen molar-refractivity contribution < 1.29 is 4.79 Å². The summed E-state index contributed by atoms with van der Waals surface area (Å²) in [5.74, 6) is -0.217. The Labute approximate surface area is 125 Å². The molecule has 6 heteroatoms. The maximum absolute atomic E-state index is 12.1. The van der Waals surface area contributed by atoms with Gasteiger partial charge >= 0.3 is 0 Å². The molecule has 0 saturated carbocycles. The molecule has 1 aliphatic rings. The van der Waals surface area contributed by atoms with E-state index in [1.807, 2.05) is 6.92 Å². The predicted molar refractivity (Wildman–Crippen MR) is 81.4 cm³/mol. The fraction of sp³-hybridized carbons (Fsp3) is 0.667. The van der Waals surface area contributed by atoms with Gasteiger partial charge in [0.15, 0.2) is 0 Å². The lowest BCUT2D eigenvalue weighted by Gasteiger charge is -2.23. The Balaban J connectivity index is 1.93. The van der Waals surface area contributed by atoms with E-state index in [-0.39, 0.29) is 11.5 Å². The summed E-state index contributed by atoms with van der Waals surface area (Å²) in [6, 6.07) is 3.23. The molecule has 1 saturated heterocycles. The minimum atomic E-state index is -0.217. The van der Waals surface area contributed by atoms with E-state index >= 15 is 0 Å². The molecule has 1 aromatic rings. The van der Waals surface area contributed by atoms with E-state index in [1.54, 1.807) is 0 Å². The summed E-state index contributed by atoms with van der Waals surface area (Å²) in [4.78, 5) is 26.1. The van der Waals surface area contributed by atoms with Crippen LogP contribution in [0.15, 0.2) is 16.9 Å². The lowest BCUT2D eigenvalue weighted by Crippen LogP contribution is -2.41. The van der Waals surface area contributed by atoms with E-state index in [4.69, 9.17) is 0 Å². The average molecular weight is 292 g/mol. The van der Waals surface area contributed by atoms with Crippen molar-refractivity contribution in [1.29, 1.82) is 0 Å². The number of rotatable bonds is 6. The molecule has 1 aromatic heterocycles. The Morgan fingerprint density at radius 3 is 2.76 bits per heavy atom. The predicted octanol–water partition coefficient (Wildman–Crippen LogP) is 0.867. The summed E-state index contributed by atoms with van der Waals surface area (Å²) in [5.41, 5.74) is 0.135. The second kappa shape index (κ2) is 7.36. The zero-order valence-corrected chi connectivity index (χ0v) is 12.8. The Bertz CT molecular complexity index is 535. The number of hydrogen-bond donors (Lipinski definition) is 1. The van der Waals surface area contributed by atoms with E-state index in [0.717, 1.165) is 19.5 Å². The highest BCUT2D eigenvalue weighted by molar-refractivity contribution is 5.91. The Morgan fingerprint density at radius 2 is 2.10 bits per heavy atom. The smallest absolute Gasteiger partial charge is 0.271 e. The summed E-state index contributed by atoms with van der Waals surface area (Å²) >= 11 is 0. The molecule has 1 amide bonds. The van der Waals surface area contributed by atoms with Gasteiger partial charge in [0.1, 0.15) is 5.69 Å². The third-order valence-electron chi connectivity index (χ3n) is 3.86. The van der Waals surface area contributed by atoms with Gasteiger partial charge in [-0.05, 0) is 45.3 Å². The number of carbonyl (C=O) groups excluding carboxylic acids is 1. The molecule has 116 valence electrons. The fourth-order valence-electron chi connectivity index (χ4n) is 2.58. The summed E-state index contributed by atoms with van der Waals surface area (Å²) < 4.78 is 1.35. The molecule has 1 fully saturated rings. The summed E-state index contributed by atoms with van der Waals surface area (Å²) in [6.45, 7) is 7.44. The first-order valence-electron chi connectivity index (χ1n) is 7.72. The fourth-order valence-corrected chi connectivity index (χ4v) is 2.58. The van der Waals surface area contributed by atoms with Crippen molar-refractivity contribution in [1.82, 2.24) is 20.0 Å². The Kier molecular flexibility index (Phi) is 5.50. The maximum Gasteiger partial charge on any atom is 0.271 e. The van der Waals surface area contributed by atoms with Gasteiger partial charge < -0.3 is 5.32 Å². The molecule has 6 nitrogen and oxygen atoms in total. The van der Waals surface area contributed by atoms with Crippen LogP contribution in [0, 0.1) is 0 Å². The molecule has 0 radical (unpaired) electrons. The number of nitrogens with one attached hydrogen (secondary N) is 1. The first-order valence-corrected chi connectivity index (χ1v) is 7.72. The highest BCUT2D eigenvalue weighted by atomic mass is 16.2. The molecule has 21 heavy (non-hydrogen) atoms. The monoisotopic (exact) mass is 292 g/mol. The standard InChI is InChI=1S/C15H24N4O2/c1-3-8-19-14(20)7-6-13(17-19)15(21)16-11-12(2)18-9-4-5-10-18/h6-7,12H,3-5,8-11H2,1-2H3,(H,16,21)/t12-/m0/s1. The minimum absolute atomic E-state index is 0.168. The number of amides is 1. The molecule has 0 spiro atoms. The number of likely N-dealkylation sites (tertiary alicyclic amines) is 1. The van der Waals surface area contributed by atoms with Gasteiger partial charge in [-0.1, -0.05) is 6.92 Å². The third kappa shape index (κ3) is 4.14. The Hall–Kier alpha value is -1.69. The van der Waals surface area contributed by atoms with Crippen LogP contribution in [-0.4, -0.2) is 46.3 Å². The van der Waals surface area contributed by atoms with Crippen LogP contribution in [0.4, 0.5) is 0 Å². The molecule has 2 heterocycles. The van der Waals surface area contributed by atoms with Crippen LogP contribution in [0.1, 0.15) is 43.6 Å². The van der Waals surface area contributed by atoms with Gasteiger partial charge in [0, 0.05) is 25.2 Å². The number of hydrogen-bond acceptors (Lipinski definition) is 4. The average Bonchev–Trinajstić information content (AvgIpc) is 3.01. The van der Waals surface area contributed by atoms with E-state index in [0.29, 0.717) is 24.8 Å². The molecule has 0 bridgehead atoms. The van der Waals surface area contributed by atoms with Crippen molar-refractivity contribution in [3.05, 3.63) is 28.2 Å². The zero-order chi connectivity index (χ0) is 15.2. The molecule has 1 N–H and O–H groups in total. The quantitative estimate of drug-likeness (QED) is 0.845. The molecule has 1 atom stereocenters. The van der Waals surface area contributed by atoms with Gasteiger partial charge in [-0.25, -0.2) is 4.68 Å². The van der Waals surface area contributed by atoms with Gasteiger partial charge in [0.05, 0.1) is 0 Å². The molecule has 0 unspecified atom stereocenters. The second-order valence-electron chi connectivity index (χ2n) is 5.58. The van der Waals surface area contributed by atoms with Crippen molar-refractivity contribution in [2.24, 2.45) is 0 Å². The third-order valence-corrected chi connectivity index (χ3v) is 3.86. The van der Waals surface area contributed by atoms with Crippen molar-refractivity contribution in [2.75, 3.05) is 19.6 Å². The van der Waals surface area contributed by atoms with Crippen LogP contribution < -0.4 is 10.9 Å².